The molecule has 0 saturated heterocycles. The van der Waals surface area contributed by atoms with Gasteiger partial charge in [-0.2, -0.15) is 0 Å². The second-order valence-electron chi connectivity index (χ2n) is 12.5. The van der Waals surface area contributed by atoms with Gasteiger partial charge in [0, 0.05) is 22.6 Å². The molecule has 1 heterocycles. The summed E-state index contributed by atoms with van der Waals surface area (Å²) in [5.41, 5.74) is 15.7. The average Bonchev–Trinajstić information content (AvgIpc) is 3.14. The van der Waals surface area contributed by atoms with Crippen LogP contribution < -0.4 is 0 Å². The molecule has 3 heteroatoms. The molecule has 5 aromatic carbocycles. The lowest BCUT2D eigenvalue weighted by atomic mass is 9.70. The number of nitrogens with zero attached hydrogens (tertiary/aromatic N) is 3. The van der Waals surface area contributed by atoms with E-state index in [-0.39, 0.29) is 0 Å². The van der Waals surface area contributed by atoms with E-state index in [1.54, 1.807) is 0 Å². The number of aryl methyl sites for hydroxylation is 1. The van der Waals surface area contributed by atoms with Crippen molar-refractivity contribution in [1.82, 2.24) is 15.0 Å². The molecule has 0 aliphatic heterocycles. The fourth-order valence-corrected chi connectivity index (χ4v) is 7.13. The second kappa shape index (κ2) is 11.1. The summed E-state index contributed by atoms with van der Waals surface area (Å²) in [5.74, 6) is 2.27. The van der Waals surface area contributed by atoms with Gasteiger partial charge < -0.3 is 0 Å². The lowest BCUT2D eigenvalue weighted by molar-refractivity contribution is 0.893. The molecule has 0 radical (unpaired) electrons. The van der Waals surface area contributed by atoms with Gasteiger partial charge in [0.15, 0.2) is 17.5 Å². The molecule has 0 spiro atoms. The number of aromatic nitrogens is 3. The van der Waals surface area contributed by atoms with E-state index in [0.717, 1.165) is 39.8 Å². The maximum atomic E-state index is 5.10. The average molecular weight is 602 g/mol. The fraction of sp³-hybridized carbons (Fsp3) is 0.0682. The normalized spacial score (nSPS) is 15.6. The number of benzene rings is 5. The number of allylic oxidation sites excluding steroid dienone is 7. The van der Waals surface area contributed by atoms with Gasteiger partial charge >= 0.3 is 0 Å². The van der Waals surface area contributed by atoms with E-state index in [0.29, 0.717) is 23.4 Å². The second-order valence-corrected chi connectivity index (χ2v) is 12.5. The number of hydrogen-bond donors (Lipinski definition) is 0. The zero-order valence-electron chi connectivity index (χ0n) is 26.1. The third-order valence-electron chi connectivity index (χ3n) is 9.50. The van der Waals surface area contributed by atoms with Crippen molar-refractivity contribution in [3.63, 3.8) is 0 Å². The minimum Gasteiger partial charge on any atom is -0.208 e. The van der Waals surface area contributed by atoms with E-state index in [1.807, 2.05) is 36.4 Å². The lowest BCUT2D eigenvalue weighted by Crippen LogP contribution is -2.17. The Morgan fingerprint density at radius 3 is 1.87 bits per heavy atom. The first kappa shape index (κ1) is 27.4. The predicted molar refractivity (Wildman–Crippen MR) is 193 cm³/mol. The first-order valence-corrected chi connectivity index (χ1v) is 16.2. The van der Waals surface area contributed by atoms with Crippen LogP contribution >= 0.6 is 0 Å². The van der Waals surface area contributed by atoms with Crippen LogP contribution in [0.1, 0.15) is 28.2 Å². The van der Waals surface area contributed by atoms with Crippen LogP contribution in [0.2, 0.25) is 0 Å². The topological polar surface area (TPSA) is 38.7 Å². The summed E-state index contributed by atoms with van der Waals surface area (Å²) in [5, 5.41) is 0. The van der Waals surface area contributed by atoms with Crippen LogP contribution in [0.4, 0.5) is 0 Å². The van der Waals surface area contributed by atoms with Crippen molar-refractivity contribution in [2.75, 3.05) is 0 Å². The smallest absolute Gasteiger partial charge is 0.164 e. The maximum absolute atomic E-state index is 5.10. The van der Waals surface area contributed by atoms with Gasteiger partial charge in [0.05, 0.1) is 0 Å². The standard InChI is InChI=1S/C44H31N3/c1-28-15-17-29(18-16-28)35-25-36(38-23-21-32-20-19-30-13-8-14-31-22-24-39(38)41(32)40(30)31)27-37(26-35)44-46-42(33-9-4-2-5-10-33)45-43(47-44)34-11-6-3-7-12-34/h2-19,21-27,40H,20H2,1H3. The van der Waals surface area contributed by atoms with E-state index in [1.165, 1.54) is 39.0 Å². The van der Waals surface area contributed by atoms with Gasteiger partial charge in [-0.25, -0.2) is 15.0 Å². The summed E-state index contributed by atoms with van der Waals surface area (Å²) in [6, 6.07) is 40.5. The predicted octanol–water partition coefficient (Wildman–Crippen LogP) is 10.6. The van der Waals surface area contributed by atoms with Gasteiger partial charge in [-0.15, -0.1) is 0 Å². The monoisotopic (exact) mass is 601 g/mol. The molecule has 3 aliphatic rings. The van der Waals surface area contributed by atoms with Gasteiger partial charge in [0.1, 0.15) is 0 Å². The van der Waals surface area contributed by atoms with Crippen molar-refractivity contribution >= 4 is 6.08 Å². The largest absolute Gasteiger partial charge is 0.208 e. The Kier molecular flexibility index (Phi) is 6.50. The summed E-state index contributed by atoms with van der Waals surface area (Å²) in [4.78, 5) is 15.1. The van der Waals surface area contributed by atoms with Crippen molar-refractivity contribution in [3.05, 3.63) is 179 Å². The molecule has 6 aromatic rings. The summed E-state index contributed by atoms with van der Waals surface area (Å²) >= 11 is 0. The zero-order chi connectivity index (χ0) is 31.3. The number of rotatable bonds is 5. The number of hydrogen-bond acceptors (Lipinski definition) is 3. The summed E-state index contributed by atoms with van der Waals surface area (Å²) in [7, 11) is 0. The molecular formula is C44H31N3. The van der Waals surface area contributed by atoms with Gasteiger partial charge in [-0.3, -0.25) is 0 Å². The van der Waals surface area contributed by atoms with Gasteiger partial charge in [-0.1, -0.05) is 139 Å². The van der Waals surface area contributed by atoms with Crippen LogP contribution in [0.3, 0.4) is 0 Å². The maximum Gasteiger partial charge on any atom is 0.164 e. The van der Waals surface area contributed by atoms with Crippen LogP contribution in [0.15, 0.2) is 157 Å². The summed E-state index contributed by atoms with van der Waals surface area (Å²) in [6.07, 6.45) is 14.7. The van der Waals surface area contributed by atoms with E-state index in [2.05, 4.69) is 122 Å². The summed E-state index contributed by atoms with van der Waals surface area (Å²) in [6.45, 7) is 2.13. The molecule has 9 rings (SSSR count). The Hall–Kier alpha value is -5.93. The van der Waals surface area contributed by atoms with Crippen LogP contribution in [0, 0.1) is 6.92 Å². The van der Waals surface area contributed by atoms with E-state index in [4.69, 9.17) is 15.0 Å². The molecule has 3 aliphatic carbocycles. The minimum absolute atomic E-state index is 0.300. The van der Waals surface area contributed by atoms with Gasteiger partial charge in [0.2, 0.25) is 0 Å². The molecule has 0 fully saturated rings. The van der Waals surface area contributed by atoms with Crippen molar-refractivity contribution < 1.29 is 0 Å². The molecule has 1 atom stereocenters. The van der Waals surface area contributed by atoms with Crippen LogP contribution in [-0.2, 0) is 6.42 Å². The van der Waals surface area contributed by atoms with Crippen molar-refractivity contribution in [3.8, 4) is 56.4 Å². The molecule has 47 heavy (non-hydrogen) atoms. The van der Waals surface area contributed by atoms with Crippen molar-refractivity contribution in [2.45, 2.75) is 19.3 Å². The quantitative estimate of drug-likeness (QED) is 0.197. The molecule has 0 amide bonds. The Morgan fingerprint density at radius 2 is 1.17 bits per heavy atom. The third kappa shape index (κ3) is 4.88. The Balaban J connectivity index is 1.27. The fourth-order valence-electron chi connectivity index (χ4n) is 7.13. The summed E-state index contributed by atoms with van der Waals surface area (Å²) < 4.78 is 0. The molecule has 1 aromatic heterocycles. The van der Waals surface area contributed by atoms with Crippen LogP contribution in [0.5, 0.6) is 0 Å². The zero-order valence-corrected chi connectivity index (χ0v) is 26.1. The van der Waals surface area contributed by atoms with Crippen molar-refractivity contribution in [2.24, 2.45) is 0 Å². The van der Waals surface area contributed by atoms with E-state index >= 15 is 0 Å². The molecule has 0 N–H and O–H groups in total. The highest BCUT2D eigenvalue weighted by Crippen LogP contribution is 2.48. The highest BCUT2D eigenvalue weighted by atomic mass is 15.0. The van der Waals surface area contributed by atoms with Gasteiger partial charge in [-0.05, 0) is 81.6 Å². The van der Waals surface area contributed by atoms with E-state index < -0.39 is 0 Å². The molecule has 222 valence electrons. The Bertz CT molecular complexity index is 2250. The van der Waals surface area contributed by atoms with Crippen LogP contribution in [0.25, 0.3) is 62.5 Å². The SMILES string of the molecule is Cc1ccc(-c2cc(-c3nc(-c4ccccc4)nc(-c4ccccc4)n3)cc(-c3ccc4c5c3C=CC3=CC=CC(=CC4)C35)c2)cc1. The van der Waals surface area contributed by atoms with Crippen LogP contribution in [-0.4, -0.2) is 15.0 Å². The molecule has 3 nitrogen and oxygen atoms in total. The molecule has 0 saturated carbocycles. The van der Waals surface area contributed by atoms with Crippen molar-refractivity contribution in [1.29, 1.82) is 0 Å². The molecule has 1 unspecified atom stereocenters. The highest BCUT2D eigenvalue weighted by Gasteiger charge is 2.31. The third-order valence-corrected chi connectivity index (χ3v) is 9.50. The Labute approximate surface area is 275 Å². The van der Waals surface area contributed by atoms with E-state index in [9.17, 15) is 0 Å². The minimum atomic E-state index is 0.300. The Morgan fingerprint density at radius 1 is 0.532 bits per heavy atom. The molecule has 0 bridgehead atoms. The first-order chi connectivity index (χ1) is 23.2. The molecular weight excluding hydrogens is 571 g/mol. The highest BCUT2D eigenvalue weighted by molar-refractivity contribution is 5.87. The lowest BCUT2D eigenvalue weighted by Gasteiger charge is -2.34. The first-order valence-electron chi connectivity index (χ1n) is 16.2. The van der Waals surface area contributed by atoms with Gasteiger partial charge in [0.25, 0.3) is 0 Å².